The first kappa shape index (κ1) is 15.2. The SMILES string of the molecule is CC(O)C1CC(NCCCO)CN(C(C)C2CC2)C1. The first-order chi connectivity index (χ1) is 9.11. The Morgan fingerprint density at radius 1 is 1.21 bits per heavy atom. The summed E-state index contributed by atoms with van der Waals surface area (Å²) < 4.78 is 0. The fraction of sp³-hybridized carbons (Fsp3) is 1.00. The van der Waals surface area contributed by atoms with Crippen LogP contribution in [0.3, 0.4) is 0 Å². The lowest BCUT2D eigenvalue weighted by Crippen LogP contribution is -2.54. The molecular formula is C15H30N2O2. The standard InChI is InChI=1S/C15H30N2O2/c1-11(13-4-5-13)17-9-14(12(2)19)8-15(10-17)16-6-3-7-18/h11-16,18-19H,3-10H2,1-2H3. The van der Waals surface area contributed by atoms with E-state index in [0.717, 1.165) is 38.4 Å². The van der Waals surface area contributed by atoms with E-state index in [0.29, 0.717) is 18.0 Å². The molecule has 0 spiro atoms. The minimum atomic E-state index is -0.226. The monoisotopic (exact) mass is 270 g/mol. The highest BCUT2D eigenvalue weighted by atomic mass is 16.3. The summed E-state index contributed by atoms with van der Waals surface area (Å²) in [5, 5.41) is 22.3. The van der Waals surface area contributed by atoms with Gasteiger partial charge in [-0.15, -0.1) is 0 Å². The van der Waals surface area contributed by atoms with Crippen LogP contribution in [0.25, 0.3) is 0 Å². The summed E-state index contributed by atoms with van der Waals surface area (Å²) in [5.74, 6) is 1.26. The summed E-state index contributed by atoms with van der Waals surface area (Å²) in [7, 11) is 0. The molecule has 4 nitrogen and oxygen atoms in total. The van der Waals surface area contributed by atoms with Gasteiger partial charge in [0.05, 0.1) is 6.10 Å². The van der Waals surface area contributed by atoms with E-state index in [1.807, 2.05) is 6.92 Å². The van der Waals surface area contributed by atoms with Crippen molar-refractivity contribution in [2.45, 2.75) is 57.7 Å². The summed E-state index contributed by atoms with van der Waals surface area (Å²) in [6.07, 6.45) is 4.39. The molecule has 4 heteroatoms. The Kier molecular flexibility index (Phi) is 5.63. The number of hydrogen-bond donors (Lipinski definition) is 3. The third kappa shape index (κ3) is 4.42. The zero-order valence-electron chi connectivity index (χ0n) is 12.4. The Labute approximate surface area is 117 Å². The second-order valence-corrected chi connectivity index (χ2v) is 6.50. The molecule has 1 saturated heterocycles. The first-order valence-electron chi connectivity index (χ1n) is 7.88. The van der Waals surface area contributed by atoms with Crippen molar-refractivity contribution >= 4 is 0 Å². The van der Waals surface area contributed by atoms with Crippen LogP contribution < -0.4 is 5.32 Å². The summed E-state index contributed by atoms with van der Waals surface area (Å²) in [6.45, 7) is 7.51. The van der Waals surface area contributed by atoms with Crippen molar-refractivity contribution in [2.75, 3.05) is 26.2 Å². The minimum Gasteiger partial charge on any atom is -0.396 e. The molecule has 2 aliphatic rings. The van der Waals surface area contributed by atoms with Crippen molar-refractivity contribution in [3.05, 3.63) is 0 Å². The molecule has 1 saturated carbocycles. The Morgan fingerprint density at radius 2 is 1.95 bits per heavy atom. The van der Waals surface area contributed by atoms with Gasteiger partial charge in [-0.3, -0.25) is 4.90 Å². The number of hydrogen-bond acceptors (Lipinski definition) is 4. The largest absolute Gasteiger partial charge is 0.396 e. The molecule has 0 bridgehead atoms. The average molecular weight is 270 g/mol. The highest BCUT2D eigenvalue weighted by molar-refractivity contribution is 4.92. The molecule has 112 valence electrons. The number of aliphatic hydroxyl groups excluding tert-OH is 2. The number of likely N-dealkylation sites (tertiary alicyclic amines) is 1. The van der Waals surface area contributed by atoms with Crippen molar-refractivity contribution < 1.29 is 10.2 Å². The van der Waals surface area contributed by atoms with Gasteiger partial charge in [0.15, 0.2) is 0 Å². The van der Waals surface area contributed by atoms with E-state index in [2.05, 4.69) is 17.1 Å². The van der Waals surface area contributed by atoms with Crippen molar-refractivity contribution in [3.8, 4) is 0 Å². The van der Waals surface area contributed by atoms with Gasteiger partial charge in [-0.1, -0.05) is 0 Å². The van der Waals surface area contributed by atoms with Crippen molar-refractivity contribution in [2.24, 2.45) is 11.8 Å². The maximum Gasteiger partial charge on any atom is 0.0553 e. The summed E-state index contributed by atoms with van der Waals surface area (Å²) in [6, 6.07) is 1.12. The number of rotatable bonds is 7. The van der Waals surface area contributed by atoms with Crippen LogP contribution in [-0.2, 0) is 0 Å². The second-order valence-electron chi connectivity index (χ2n) is 6.50. The molecular weight excluding hydrogens is 240 g/mol. The molecule has 0 radical (unpaired) electrons. The molecule has 0 amide bonds. The van der Waals surface area contributed by atoms with Crippen LogP contribution in [0.5, 0.6) is 0 Å². The Morgan fingerprint density at radius 3 is 2.53 bits per heavy atom. The van der Waals surface area contributed by atoms with Crippen LogP contribution in [0.4, 0.5) is 0 Å². The van der Waals surface area contributed by atoms with Gasteiger partial charge >= 0.3 is 0 Å². The predicted molar refractivity (Wildman–Crippen MR) is 77.0 cm³/mol. The number of nitrogens with one attached hydrogen (secondary N) is 1. The van der Waals surface area contributed by atoms with Crippen LogP contribution in [0.2, 0.25) is 0 Å². The number of nitrogens with zero attached hydrogens (tertiary/aromatic N) is 1. The molecule has 0 aromatic heterocycles. The summed E-state index contributed by atoms with van der Waals surface area (Å²) in [4.78, 5) is 2.56. The lowest BCUT2D eigenvalue weighted by atomic mass is 9.89. The first-order valence-corrected chi connectivity index (χ1v) is 7.88. The van der Waals surface area contributed by atoms with Crippen LogP contribution in [0.15, 0.2) is 0 Å². The van der Waals surface area contributed by atoms with E-state index >= 15 is 0 Å². The molecule has 2 rings (SSSR count). The lowest BCUT2D eigenvalue weighted by molar-refractivity contribution is 0.0279. The zero-order valence-corrected chi connectivity index (χ0v) is 12.4. The van der Waals surface area contributed by atoms with Crippen LogP contribution in [0, 0.1) is 11.8 Å². The van der Waals surface area contributed by atoms with E-state index in [-0.39, 0.29) is 12.7 Å². The fourth-order valence-electron chi connectivity index (χ4n) is 3.27. The summed E-state index contributed by atoms with van der Waals surface area (Å²) in [5.41, 5.74) is 0. The van der Waals surface area contributed by atoms with Gasteiger partial charge in [-0.05, 0) is 57.9 Å². The van der Waals surface area contributed by atoms with E-state index in [1.54, 1.807) is 0 Å². The molecule has 1 aliphatic carbocycles. The molecule has 2 fully saturated rings. The Bertz CT molecular complexity index is 269. The Balaban J connectivity index is 1.88. The minimum absolute atomic E-state index is 0.226. The van der Waals surface area contributed by atoms with Crippen molar-refractivity contribution in [1.29, 1.82) is 0 Å². The molecule has 3 N–H and O–H groups in total. The predicted octanol–water partition coefficient (Wildman–Crippen LogP) is 0.828. The molecule has 1 heterocycles. The van der Waals surface area contributed by atoms with Gasteiger partial charge in [0.2, 0.25) is 0 Å². The van der Waals surface area contributed by atoms with Crippen molar-refractivity contribution in [1.82, 2.24) is 10.2 Å². The highest BCUT2D eigenvalue weighted by Crippen LogP contribution is 2.36. The lowest BCUT2D eigenvalue weighted by Gasteiger charge is -2.42. The topological polar surface area (TPSA) is 55.7 Å². The molecule has 4 unspecified atom stereocenters. The van der Waals surface area contributed by atoms with Crippen molar-refractivity contribution in [3.63, 3.8) is 0 Å². The van der Waals surface area contributed by atoms with E-state index in [4.69, 9.17) is 5.11 Å². The summed E-state index contributed by atoms with van der Waals surface area (Å²) >= 11 is 0. The molecule has 4 atom stereocenters. The average Bonchev–Trinajstić information content (AvgIpc) is 3.22. The Hall–Kier alpha value is -0.160. The number of aliphatic hydroxyl groups is 2. The molecule has 0 aromatic rings. The molecule has 19 heavy (non-hydrogen) atoms. The second kappa shape index (κ2) is 7.02. The third-order valence-electron chi connectivity index (χ3n) is 4.84. The smallest absolute Gasteiger partial charge is 0.0553 e. The van der Waals surface area contributed by atoms with Gasteiger partial charge in [-0.25, -0.2) is 0 Å². The third-order valence-corrected chi connectivity index (χ3v) is 4.84. The zero-order chi connectivity index (χ0) is 13.8. The molecule has 0 aromatic carbocycles. The van der Waals surface area contributed by atoms with Gasteiger partial charge in [0.1, 0.15) is 0 Å². The van der Waals surface area contributed by atoms with Gasteiger partial charge in [0.25, 0.3) is 0 Å². The van der Waals surface area contributed by atoms with E-state index in [9.17, 15) is 5.11 Å². The van der Waals surface area contributed by atoms with Crippen LogP contribution >= 0.6 is 0 Å². The quantitative estimate of drug-likeness (QED) is 0.600. The van der Waals surface area contributed by atoms with E-state index < -0.39 is 0 Å². The van der Waals surface area contributed by atoms with E-state index in [1.165, 1.54) is 12.8 Å². The van der Waals surface area contributed by atoms with Gasteiger partial charge in [0, 0.05) is 31.8 Å². The normalized spacial score (nSPS) is 32.2. The number of piperidine rings is 1. The maximum atomic E-state index is 9.93. The van der Waals surface area contributed by atoms with Crippen LogP contribution in [-0.4, -0.2) is 59.5 Å². The molecule has 1 aliphatic heterocycles. The highest BCUT2D eigenvalue weighted by Gasteiger charge is 2.37. The maximum absolute atomic E-state index is 9.93. The fourth-order valence-corrected chi connectivity index (χ4v) is 3.27. The van der Waals surface area contributed by atoms with Gasteiger partial charge < -0.3 is 15.5 Å². The van der Waals surface area contributed by atoms with Gasteiger partial charge in [-0.2, -0.15) is 0 Å². The van der Waals surface area contributed by atoms with Crippen LogP contribution in [0.1, 0.15) is 39.5 Å².